The first kappa shape index (κ1) is 23.8. The highest BCUT2D eigenvalue weighted by Gasteiger charge is 2.15. The maximum atomic E-state index is 9.97. The minimum atomic E-state index is 0.458. The van der Waals surface area contributed by atoms with Crippen LogP contribution in [0.15, 0.2) is 130 Å². The van der Waals surface area contributed by atoms with Crippen LogP contribution >= 0.6 is 0 Å². The zero-order valence-electron chi connectivity index (χ0n) is 22.3. The van der Waals surface area contributed by atoms with Crippen molar-refractivity contribution in [3.8, 4) is 45.5 Å². The Hall–Kier alpha value is -6.10. The molecule has 0 radical (unpaired) electrons. The van der Waals surface area contributed by atoms with Crippen LogP contribution < -0.4 is 0 Å². The predicted molar refractivity (Wildman–Crippen MR) is 167 cm³/mol. The fourth-order valence-corrected chi connectivity index (χ4v) is 5.89. The van der Waals surface area contributed by atoms with Gasteiger partial charge < -0.3 is 8.83 Å². The van der Waals surface area contributed by atoms with E-state index in [0.717, 1.165) is 77.3 Å². The SMILES string of the molecule is N#Cc1ccc(-c2cc(-c3ccc4c(c3)oc3ccccc34)cc(-c3ccc4oc5ccccc5c4c3)c2)c(C#N)c1. The van der Waals surface area contributed by atoms with Crippen LogP contribution in [-0.4, -0.2) is 0 Å². The van der Waals surface area contributed by atoms with Crippen molar-refractivity contribution >= 4 is 43.9 Å². The summed E-state index contributed by atoms with van der Waals surface area (Å²) in [7, 11) is 0. The summed E-state index contributed by atoms with van der Waals surface area (Å²) in [5, 5.41) is 23.7. The number of para-hydroxylation sites is 2. The van der Waals surface area contributed by atoms with Crippen molar-refractivity contribution in [2.75, 3.05) is 0 Å². The Kier molecular flexibility index (Phi) is 5.22. The largest absolute Gasteiger partial charge is 0.456 e. The van der Waals surface area contributed by atoms with Gasteiger partial charge in [-0.1, -0.05) is 54.6 Å². The molecule has 42 heavy (non-hydrogen) atoms. The average Bonchev–Trinajstić information content (AvgIpc) is 3.61. The first-order valence-corrected chi connectivity index (χ1v) is 13.6. The highest BCUT2D eigenvalue weighted by molar-refractivity contribution is 6.07. The van der Waals surface area contributed by atoms with Gasteiger partial charge in [-0.15, -0.1) is 0 Å². The van der Waals surface area contributed by atoms with Crippen molar-refractivity contribution in [1.82, 2.24) is 0 Å². The van der Waals surface area contributed by atoms with E-state index < -0.39 is 0 Å². The predicted octanol–water partition coefficient (Wildman–Crippen LogP) is 10.2. The zero-order chi connectivity index (χ0) is 28.2. The molecular formula is C38H20N2O2. The van der Waals surface area contributed by atoms with E-state index in [1.54, 1.807) is 12.1 Å². The van der Waals surface area contributed by atoms with E-state index in [1.807, 2.05) is 48.5 Å². The molecule has 0 aliphatic carbocycles. The summed E-state index contributed by atoms with van der Waals surface area (Å²) >= 11 is 0. The fraction of sp³-hybridized carbons (Fsp3) is 0. The van der Waals surface area contributed by atoms with Gasteiger partial charge in [0.2, 0.25) is 0 Å². The maximum absolute atomic E-state index is 9.97. The Bertz CT molecular complexity index is 2450. The van der Waals surface area contributed by atoms with Crippen LogP contribution in [0.1, 0.15) is 11.1 Å². The van der Waals surface area contributed by atoms with Crippen LogP contribution in [0, 0.1) is 22.7 Å². The molecular weight excluding hydrogens is 516 g/mol. The van der Waals surface area contributed by atoms with Gasteiger partial charge in [-0.2, -0.15) is 10.5 Å². The summed E-state index contributed by atoms with van der Waals surface area (Å²) in [4.78, 5) is 0. The van der Waals surface area contributed by atoms with Crippen molar-refractivity contribution in [2.45, 2.75) is 0 Å². The number of nitrogens with zero attached hydrogens (tertiary/aromatic N) is 2. The van der Waals surface area contributed by atoms with Gasteiger partial charge in [-0.3, -0.25) is 0 Å². The normalized spacial score (nSPS) is 11.3. The lowest BCUT2D eigenvalue weighted by atomic mass is 9.90. The molecule has 0 fully saturated rings. The molecule has 0 amide bonds. The number of benzene rings is 6. The van der Waals surface area contributed by atoms with Crippen molar-refractivity contribution in [1.29, 1.82) is 10.5 Å². The van der Waals surface area contributed by atoms with Crippen LogP contribution in [0.3, 0.4) is 0 Å². The molecule has 8 aromatic rings. The zero-order valence-corrected chi connectivity index (χ0v) is 22.3. The van der Waals surface area contributed by atoms with Gasteiger partial charge >= 0.3 is 0 Å². The van der Waals surface area contributed by atoms with Gasteiger partial charge in [0, 0.05) is 21.5 Å². The molecule has 4 heteroatoms. The highest BCUT2D eigenvalue weighted by atomic mass is 16.3. The number of hydrogen-bond donors (Lipinski definition) is 0. The molecule has 0 unspecified atom stereocenters. The lowest BCUT2D eigenvalue weighted by Gasteiger charge is -2.13. The van der Waals surface area contributed by atoms with E-state index in [-0.39, 0.29) is 0 Å². The Morgan fingerprint density at radius 3 is 1.74 bits per heavy atom. The average molecular weight is 537 g/mol. The second-order valence-corrected chi connectivity index (χ2v) is 10.4. The van der Waals surface area contributed by atoms with E-state index in [9.17, 15) is 10.5 Å². The molecule has 8 rings (SSSR count). The van der Waals surface area contributed by atoms with Crippen LogP contribution in [-0.2, 0) is 0 Å². The summed E-state index contributed by atoms with van der Waals surface area (Å²) in [6.45, 7) is 0. The molecule has 0 bridgehead atoms. The third-order valence-electron chi connectivity index (χ3n) is 7.94. The lowest BCUT2D eigenvalue weighted by Crippen LogP contribution is -1.90. The maximum Gasteiger partial charge on any atom is 0.136 e. The summed E-state index contributed by atoms with van der Waals surface area (Å²) in [6.07, 6.45) is 0. The summed E-state index contributed by atoms with van der Waals surface area (Å²) in [6, 6.07) is 44.7. The van der Waals surface area contributed by atoms with Gasteiger partial charge in [-0.25, -0.2) is 0 Å². The minimum Gasteiger partial charge on any atom is -0.456 e. The number of rotatable bonds is 3. The summed E-state index contributed by atoms with van der Waals surface area (Å²) < 4.78 is 12.3. The van der Waals surface area contributed by atoms with E-state index in [2.05, 4.69) is 72.8 Å². The van der Waals surface area contributed by atoms with Crippen molar-refractivity contribution in [3.63, 3.8) is 0 Å². The van der Waals surface area contributed by atoms with Crippen molar-refractivity contribution in [2.24, 2.45) is 0 Å². The van der Waals surface area contributed by atoms with Crippen LogP contribution in [0.5, 0.6) is 0 Å². The second-order valence-electron chi connectivity index (χ2n) is 10.4. The second kappa shape index (κ2) is 9.24. The first-order valence-electron chi connectivity index (χ1n) is 13.6. The molecule has 0 spiro atoms. The van der Waals surface area contributed by atoms with Crippen molar-refractivity contribution in [3.05, 3.63) is 132 Å². The molecule has 4 nitrogen and oxygen atoms in total. The lowest BCUT2D eigenvalue weighted by molar-refractivity contribution is 0.668. The molecule has 2 heterocycles. The van der Waals surface area contributed by atoms with Crippen LogP contribution in [0.4, 0.5) is 0 Å². The molecule has 6 aromatic carbocycles. The number of hydrogen-bond acceptors (Lipinski definition) is 4. The van der Waals surface area contributed by atoms with E-state index in [0.29, 0.717) is 11.1 Å². The van der Waals surface area contributed by atoms with Gasteiger partial charge in [0.05, 0.1) is 23.3 Å². The molecule has 0 atom stereocenters. The molecule has 0 saturated carbocycles. The Labute approximate surface area is 240 Å². The van der Waals surface area contributed by atoms with Gasteiger partial charge in [0.1, 0.15) is 22.3 Å². The smallest absolute Gasteiger partial charge is 0.136 e. The van der Waals surface area contributed by atoms with E-state index in [4.69, 9.17) is 8.83 Å². The van der Waals surface area contributed by atoms with Gasteiger partial charge in [-0.05, 0) is 100 Å². The molecule has 0 aliphatic rings. The molecule has 0 aliphatic heterocycles. The number of fused-ring (bicyclic) bond motifs is 6. The quantitative estimate of drug-likeness (QED) is 0.225. The third kappa shape index (κ3) is 3.75. The summed E-state index contributed by atoms with van der Waals surface area (Å²) in [5.74, 6) is 0. The Balaban J connectivity index is 1.36. The standard InChI is InChI=1S/C38H20N2O2/c39-21-23-9-12-30(29(15-23)22-40)28-17-26(24-11-14-37-34(19-24)32-6-2-4-8-36(32)41-37)16-27(18-28)25-10-13-33-31-5-1-3-7-35(31)42-38(33)20-25/h1-20H. The Morgan fingerprint density at radius 1 is 0.405 bits per heavy atom. The highest BCUT2D eigenvalue weighted by Crippen LogP contribution is 2.39. The number of nitriles is 2. The molecule has 0 N–H and O–H groups in total. The monoisotopic (exact) mass is 536 g/mol. The topological polar surface area (TPSA) is 73.9 Å². The number of furan rings is 2. The van der Waals surface area contributed by atoms with Crippen LogP contribution in [0.2, 0.25) is 0 Å². The summed E-state index contributed by atoms with van der Waals surface area (Å²) in [5.41, 5.74) is 10.0. The third-order valence-corrected chi connectivity index (χ3v) is 7.94. The first-order chi connectivity index (χ1) is 20.7. The molecule has 2 aromatic heterocycles. The molecule has 0 saturated heterocycles. The van der Waals surface area contributed by atoms with E-state index in [1.165, 1.54) is 0 Å². The fourth-order valence-electron chi connectivity index (χ4n) is 5.89. The van der Waals surface area contributed by atoms with Gasteiger partial charge in [0.25, 0.3) is 0 Å². The minimum absolute atomic E-state index is 0.458. The van der Waals surface area contributed by atoms with Crippen molar-refractivity contribution < 1.29 is 8.83 Å². The van der Waals surface area contributed by atoms with E-state index >= 15 is 0 Å². The molecule has 194 valence electrons. The van der Waals surface area contributed by atoms with Crippen LogP contribution in [0.25, 0.3) is 77.3 Å². The Morgan fingerprint density at radius 2 is 1.00 bits per heavy atom. The van der Waals surface area contributed by atoms with Gasteiger partial charge in [0.15, 0.2) is 0 Å².